The van der Waals surface area contributed by atoms with Crippen molar-refractivity contribution in [1.29, 1.82) is 0 Å². The molecule has 0 saturated carbocycles. The van der Waals surface area contributed by atoms with E-state index in [0.29, 0.717) is 28.6 Å². The van der Waals surface area contributed by atoms with Crippen molar-refractivity contribution in [2.24, 2.45) is 46.4 Å². The molecule has 4 rings (SSSR count). The van der Waals surface area contributed by atoms with E-state index < -0.39 is 70.9 Å². The topological polar surface area (TPSA) is 182 Å². The average molecular weight is 686 g/mol. The monoisotopic (exact) mass is 685 g/mol. The molecule has 0 amide bonds. The van der Waals surface area contributed by atoms with Crippen molar-refractivity contribution in [1.82, 2.24) is 15.2 Å². The van der Waals surface area contributed by atoms with Crippen LogP contribution in [0.4, 0.5) is 0 Å². The van der Waals surface area contributed by atoms with Crippen molar-refractivity contribution in [2.45, 2.75) is 98.1 Å². The van der Waals surface area contributed by atoms with Crippen molar-refractivity contribution in [2.75, 3.05) is 7.11 Å². The van der Waals surface area contributed by atoms with E-state index in [1.807, 2.05) is 26.0 Å². The summed E-state index contributed by atoms with van der Waals surface area (Å²) in [6, 6.07) is 5.47. The molecule has 0 spiro atoms. The summed E-state index contributed by atoms with van der Waals surface area (Å²) in [4.78, 5) is 64.7. The zero-order chi connectivity index (χ0) is 35.6. The summed E-state index contributed by atoms with van der Waals surface area (Å²) in [6.45, 7) is 13.8. The molecule has 2 aliphatic heterocycles. The number of ketones is 2. The zero-order valence-electron chi connectivity index (χ0n) is 29.1. The second kappa shape index (κ2) is 14.8. The summed E-state index contributed by atoms with van der Waals surface area (Å²) in [5, 5.41) is 13.6. The summed E-state index contributed by atoms with van der Waals surface area (Å²) in [5.74, 6) is -7.08. The number of nitrogens with two attached hydrogens (primary N) is 1. The minimum absolute atomic E-state index is 0.151. The Morgan fingerprint density at radius 2 is 1.73 bits per heavy atom. The SMILES string of the molecule is CCC1OC(=O)C(C)C(=O)C(C)CC(C)(OC)CC(C)C(=O)C(C)C2C(C(N)=NOC(C)c3nnc(-c4ccccn4)s3)C(=O)OC12C. The molecule has 10 unspecified atom stereocenters. The van der Waals surface area contributed by atoms with Crippen LogP contribution in [-0.2, 0) is 38.2 Å². The van der Waals surface area contributed by atoms with Crippen LogP contribution in [0.25, 0.3) is 10.7 Å². The lowest BCUT2D eigenvalue weighted by atomic mass is 9.67. The van der Waals surface area contributed by atoms with E-state index in [9.17, 15) is 19.2 Å². The number of pyridine rings is 1. The smallest absolute Gasteiger partial charge is 0.317 e. The first-order valence-corrected chi connectivity index (χ1v) is 17.2. The summed E-state index contributed by atoms with van der Waals surface area (Å²) < 4.78 is 17.8. The highest BCUT2D eigenvalue weighted by Gasteiger charge is 2.62. The predicted octanol–water partition coefficient (Wildman–Crippen LogP) is 4.70. The van der Waals surface area contributed by atoms with Crippen LogP contribution < -0.4 is 5.73 Å². The molecule has 0 bridgehead atoms. The molecule has 0 radical (unpaired) electrons. The van der Waals surface area contributed by atoms with E-state index in [1.165, 1.54) is 18.3 Å². The molecule has 0 aliphatic carbocycles. The first-order valence-electron chi connectivity index (χ1n) is 16.4. The van der Waals surface area contributed by atoms with Crippen molar-refractivity contribution in [3.63, 3.8) is 0 Å². The molecule has 48 heavy (non-hydrogen) atoms. The quantitative estimate of drug-likeness (QED) is 0.140. The molecule has 2 fully saturated rings. The summed E-state index contributed by atoms with van der Waals surface area (Å²) >= 11 is 1.28. The van der Waals surface area contributed by atoms with Crippen LogP contribution in [0.15, 0.2) is 29.6 Å². The number of carbonyl (C=O) groups excluding carboxylic acids is 4. The fourth-order valence-electron chi connectivity index (χ4n) is 7.19. The molecule has 13 nitrogen and oxygen atoms in total. The number of aromatic nitrogens is 3. The zero-order valence-corrected chi connectivity index (χ0v) is 29.9. The molecule has 2 aromatic rings. The Kier molecular flexibility index (Phi) is 11.4. The third-order valence-electron chi connectivity index (χ3n) is 9.88. The molecule has 262 valence electrons. The Morgan fingerprint density at radius 3 is 2.33 bits per heavy atom. The largest absolute Gasteiger partial charge is 0.458 e. The van der Waals surface area contributed by atoms with E-state index in [0.717, 1.165) is 0 Å². The Balaban J connectivity index is 1.70. The van der Waals surface area contributed by atoms with Crippen LogP contribution in [0.5, 0.6) is 0 Å². The number of hydrogen-bond donors (Lipinski definition) is 1. The number of ether oxygens (including phenoxy) is 3. The Morgan fingerprint density at radius 1 is 1.06 bits per heavy atom. The third kappa shape index (κ3) is 7.44. The second-order valence-corrected chi connectivity index (χ2v) is 14.6. The lowest BCUT2D eigenvalue weighted by Crippen LogP contribution is -2.53. The van der Waals surface area contributed by atoms with Gasteiger partial charge in [0.25, 0.3) is 0 Å². The minimum atomic E-state index is -1.48. The fourth-order valence-corrected chi connectivity index (χ4v) is 7.99. The number of amidine groups is 1. The number of rotatable bonds is 7. The van der Waals surface area contributed by atoms with Gasteiger partial charge in [-0.25, -0.2) is 0 Å². The molecule has 2 saturated heterocycles. The number of methoxy groups -OCH3 is 1. The van der Waals surface area contributed by atoms with E-state index in [4.69, 9.17) is 24.8 Å². The van der Waals surface area contributed by atoms with Gasteiger partial charge in [-0.2, -0.15) is 0 Å². The predicted molar refractivity (Wildman–Crippen MR) is 177 cm³/mol. The first-order chi connectivity index (χ1) is 22.6. The second-order valence-electron chi connectivity index (χ2n) is 13.5. The van der Waals surface area contributed by atoms with Crippen LogP contribution in [0.1, 0.15) is 85.8 Å². The van der Waals surface area contributed by atoms with Gasteiger partial charge in [0, 0.05) is 37.0 Å². The average Bonchev–Trinajstić information content (AvgIpc) is 3.67. The highest BCUT2D eigenvalue weighted by Crippen LogP contribution is 2.48. The maximum absolute atomic E-state index is 14.2. The normalized spacial score (nSPS) is 34.5. The number of nitrogens with zero attached hydrogens (tertiary/aromatic N) is 4. The van der Waals surface area contributed by atoms with E-state index in [1.54, 1.807) is 54.0 Å². The van der Waals surface area contributed by atoms with Gasteiger partial charge < -0.3 is 24.8 Å². The molecule has 2 aromatic heterocycles. The van der Waals surface area contributed by atoms with Gasteiger partial charge in [0.1, 0.15) is 35.2 Å². The van der Waals surface area contributed by atoms with Crippen molar-refractivity contribution >= 4 is 40.7 Å². The molecule has 10 atom stereocenters. The van der Waals surface area contributed by atoms with Crippen molar-refractivity contribution in [3.05, 3.63) is 29.4 Å². The first kappa shape index (κ1) is 37.0. The third-order valence-corrected chi connectivity index (χ3v) is 11.0. The Hall–Kier alpha value is -3.78. The van der Waals surface area contributed by atoms with Crippen LogP contribution in [0.2, 0.25) is 0 Å². The highest BCUT2D eigenvalue weighted by molar-refractivity contribution is 7.14. The van der Waals surface area contributed by atoms with E-state index in [-0.39, 0.29) is 23.8 Å². The van der Waals surface area contributed by atoms with Gasteiger partial charge in [-0.1, -0.05) is 50.3 Å². The lowest BCUT2D eigenvalue weighted by Gasteiger charge is -2.41. The number of cyclic esters (lactones) is 1. The summed E-state index contributed by atoms with van der Waals surface area (Å²) in [6.07, 6.45) is 0.869. The number of oxime groups is 1. The van der Waals surface area contributed by atoms with Crippen LogP contribution in [0.3, 0.4) is 0 Å². The summed E-state index contributed by atoms with van der Waals surface area (Å²) in [5.41, 5.74) is 4.84. The number of fused-ring (bicyclic) bond motifs is 1. The number of carbonyl (C=O) groups is 4. The fraction of sp³-hybridized carbons (Fsp3) is 0.647. The number of Topliss-reactive ketones (excluding diaryl/α,β-unsaturated/α-hetero) is 2. The van der Waals surface area contributed by atoms with Gasteiger partial charge in [0.15, 0.2) is 27.6 Å². The molecule has 0 aromatic carbocycles. The van der Waals surface area contributed by atoms with Crippen LogP contribution in [-0.4, -0.2) is 68.9 Å². The molecule has 14 heteroatoms. The van der Waals surface area contributed by atoms with Gasteiger partial charge >= 0.3 is 11.9 Å². The lowest BCUT2D eigenvalue weighted by molar-refractivity contribution is -0.183. The van der Waals surface area contributed by atoms with Gasteiger partial charge in [-0.3, -0.25) is 24.2 Å². The Bertz CT molecular complexity index is 1530. The van der Waals surface area contributed by atoms with Gasteiger partial charge in [0.2, 0.25) is 0 Å². The van der Waals surface area contributed by atoms with E-state index in [2.05, 4.69) is 20.3 Å². The molecular formula is C34H47N5O8S. The van der Waals surface area contributed by atoms with Gasteiger partial charge in [-0.15, -0.1) is 10.2 Å². The maximum Gasteiger partial charge on any atom is 0.317 e. The molecule has 2 N–H and O–H groups in total. The standard InChI is InChI=1S/C34H47N5O8S/c1-10-23-34(8)25(19(4)26(40)17(2)15-33(7,44-9)16-18(3)27(41)20(5)31(42)45-23)24(32(43)46-34)28(35)39-47-21(6)29-37-38-30(48-29)22-13-11-12-14-36-22/h11-14,17-21,23-25H,10,15-16H2,1-9H3,(H2,35,39). The van der Waals surface area contributed by atoms with Crippen molar-refractivity contribution < 1.29 is 38.2 Å². The van der Waals surface area contributed by atoms with Gasteiger partial charge in [0.05, 0.1) is 5.60 Å². The molecule has 2 aliphatic rings. The van der Waals surface area contributed by atoms with Crippen molar-refractivity contribution in [3.8, 4) is 10.7 Å². The maximum atomic E-state index is 14.2. The summed E-state index contributed by atoms with van der Waals surface area (Å²) in [7, 11) is 1.54. The highest BCUT2D eigenvalue weighted by atomic mass is 32.1. The van der Waals surface area contributed by atoms with Crippen LogP contribution in [0, 0.1) is 35.5 Å². The molecule has 4 heterocycles. The van der Waals surface area contributed by atoms with E-state index >= 15 is 0 Å². The Labute approximate surface area is 285 Å². The molecular weight excluding hydrogens is 638 g/mol. The number of hydrogen-bond acceptors (Lipinski definition) is 13. The number of esters is 2. The minimum Gasteiger partial charge on any atom is -0.458 e. The van der Waals surface area contributed by atoms with Gasteiger partial charge in [-0.05, 0) is 59.1 Å². The van der Waals surface area contributed by atoms with Crippen LogP contribution >= 0.6 is 11.3 Å².